The molecule has 1 fully saturated rings. The normalized spacial score (nSPS) is 17.2. The van der Waals surface area contributed by atoms with E-state index in [4.69, 9.17) is 11.6 Å². The standard InChI is InChI=1S/C18H18ClN3O2/c1-12-3-2-8-20-17(12)21-18(24)14-9-16(23)22(11-14)10-13-4-6-15(19)7-5-13/h2-8,14H,9-11H2,1H3,(H,20,21,24)/t14-/m1/s1. The number of carbonyl (C=O) groups is 2. The Labute approximate surface area is 145 Å². The zero-order valence-corrected chi connectivity index (χ0v) is 14.1. The molecule has 1 N–H and O–H groups in total. The molecular weight excluding hydrogens is 326 g/mol. The summed E-state index contributed by atoms with van der Waals surface area (Å²) in [6.45, 7) is 2.79. The molecule has 1 aliphatic heterocycles. The monoisotopic (exact) mass is 343 g/mol. The number of benzene rings is 1. The number of halogens is 1. The molecule has 124 valence electrons. The smallest absolute Gasteiger partial charge is 0.230 e. The van der Waals surface area contributed by atoms with Gasteiger partial charge >= 0.3 is 0 Å². The number of aromatic nitrogens is 1. The van der Waals surface area contributed by atoms with Gasteiger partial charge in [-0.1, -0.05) is 29.8 Å². The van der Waals surface area contributed by atoms with Crippen LogP contribution in [0, 0.1) is 12.8 Å². The summed E-state index contributed by atoms with van der Waals surface area (Å²) in [5.74, 6) is 0.0175. The van der Waals surface area contributed by atoms with E-state index in [0.29, 0.717) is 23.9 Å². The zero-order valence-electron chi connectivity index (χ0n) is 13.3. The van der Waals surface area contributed by atoms with Gasteiger partial charge in [-0.25, -0.2) is 4.98 Å². The summed E-state index contributed by atoms with van der Waals surface area (Å²) >= 11 is 5.87. The van der Waals surface area contributed by atoms with Crippen LogP contribution >= 0.6 is 11.6 Å². The van der Waals surface area contributed by atoms with Crippen molar-refractivity contribution in [3.8, 4) is 0 Å². The number of likely N-dealkylation sites (tertiary alicyclic amines) is 1. The molecule has 1 atom stereocenters. The number of hydrogen-bond acceptors (Lipinski definition) is 3. The van der Waals surface area contributed by atoms with Crippen molar-refractivity contribution in [2.75, 3.05) is 11.9 Å². The van der Waals surface area contributed by atoms with E-state index in [1.165, 1.54) is 0 Å². The molecule has 2 amide bonds. The van der Waals surface area contributed by atoms with Crippen LogP contribution in [0.5, 0.6) is 0 Å². The fourth-order valence-corrected chi connectivity index (χ4v) is 2.87. The van der Waals surface area contributed by atoms with Gasteiger partial charge in [0.05, 0.1) is 5.92 Å². The quantitative estimate of drug-likeness (QED) is 0.928. The fourth-order valence-electron chi connectivity index (χ4n) is 2.75. The Morgan fingerprint density at radius 2 is 2.08 bits per heavy atom. The summed E-state index contributed by atoms with van der Waals surface area (Å²) in [7, 11) is 0. The van der Waals surface area contributed by atoms with E-state index in [9.17, 15) is 9.59 Å². The summed E-state index contributed by atoms with van der Waals surface area (Å²) in [5, 5.41) is 3.48. The Hall–Kier alpha value is -2.40. The molecule has 24 heavy (non-hydrogen) atoms. The van der Waals surface area contributed by atoms with Gasteiger partial charge in [0, 0.05) is 30.7 Å². The second-order valence-electron chi connectivity index (χ2n) is 5.96. The van der Waals surface area contributed by atoms with E-state index in [0.717, 1.165) is 11.1 Å². The van der Waals surface area contributed by atoms with Crippen molar-refractivity contribution < 1.29 is 9.59 Å². The Bertz CT molecular complexity index is 761. The van der Waals surface area contributed by atoms with Crippen molar-refractivity contribution >= 4 is 29.2 Å². The van der Waals surface area contributed by atoms with Crippen LogP contribution in [-0.4, -0.2) is 28.2 Å². The minimum atomic E-state index is -0.355. The van der Waals surface area contributed by atoms with E-state index in [1.807, 2.05) is 31.2 Å². The van der Waals surface area contributed by atoms with Gasteiger partial charge in [-0.2, -0.15) is 0 Å². The molecule has 0 radical (unpaired) electrons. The second kappa shape index (κ2) is 7.01. The van der Waals surface area contributed by atoms with Gasteiger partial charge in [-0.15, -0.1) is 0 Å². The molecular formula is C18H18ClN3O2. The molecule has 1 aromatic carbocycles. The van der Waals surface area contributed by atoms with Crippen LogP contribution in [0.3, 0.4) is 0 Å². The molecule has 0 bridgehead atoms. The molecule has 6 heteroatoms. The molecule has 0 aliphatic carbocycles. The average Bonchev–Trinajstić information content (AvgIpc) is 2.93. The van der Waals surface area contributed by atoms with E-state index >= 15 is 0 Å². The molecule has 1 saturated heterocycles. The van der Waals surface area contributed by atoms with Crippen LogP contribution in [0.2, 0.25) is 5.02 Å². The first kappa shape index (κ1) is 16.5. The van der Waals surface area contributed by atoms with Gasteiger partial charge < -0.3 is 10.2 Å². The second-order valence-corrected chi connectivity index (χ2v) is 6.40. The summed E-state index contributed by atoms with van der Waals surface area (Å²) in [6, 6.07) is 11.1. The average molecular weight is 344 g/mol. The van der Waals surface area contributed by atoms with Crippen molar-refractivity contribution in [1.29, 1.82) is 0 Å². The summed E-state index contributed by atoms with van der Waals surface area (Å²) in [6.07, 6.45) is 1.86. The van der Waals surface area contributed by atoms with Crippen molar-refractivity contribution in [2.45, 2.75) is 19.9 Å². The Morgan fingerprint density at radius 1 is 1.33 bits per heavy atom. The third-order valence-electron chi connectivity index (χ3n) is 4.12. The molecule has 5 nitrogen and oxygen atoms in total. The SMILES string of the molecule is Cc1cccnc1NC(=O)[C@@H]1CC(=O)N(Cc2ccc(Cl)cc2)C1. The molecule has 2 aromatic rings. The highest BCUT2D eigenvalue weighted by molar-refractivity contribution is 6.30. The van der Waals surface area contributed by atoms with Crippen LogP contribution in [-0.2, 0) is 16.1 Å². The number of carbonyl (C=O) groups excluding carboxylic acids is 2. The molecule has 0 spiro atoms. The summed E-state index contributed by atoms with van der Waals surface area (Å²) in [5.41, 5.74) is 1.89. The van der Waals surface area contributed by atoms with Crippen LogP contribution in [0.1, 0.15) is 17.5 Å². The van der Waals surface area contributed by atoms with Crippen LogP contribution in [0.15, 0.2) is 42.6 Å². The Kier molecular flexibility index (Phi) is 4.81. The van der Waals surface area contributed by atoms with Crippen LogP contribution in [0.25, 0.3) is 0 Å². The van der Waals surface area contributed by atoms with E-state index in [-0.39, 0.29) is 24.2 Å². The highest BCUT2D eigenvalue weighted by atomic mass is 35.5. The van der Waals surface area contributed by atoms with Crippen LogP contribution in [0.4, 0.5) is 5.82 Å². The minimum absolute atomic E-state index is 0.0113. The van der Waals surface area contributed by atoms with E-state index in [2.05, 4.69) is 10.3 Å². The molecule has 1 aromatic heterocycles. The highest BCUT2D eigenvalue weighted by Gasteiger charge is 2.34. The topological polar surface area (TPSA) is 62.3 Å². The van der Waals surface area contributed by atoms with Crippen molar-refractivity contribution in [3.63, 3.8) is 0 Å². The maximum atomic E-state index is 12.4. The molecule has 0 saturated carbocycles. The lowest BCUT2D eigenvalue weighted by molar-refractivity contribution is -0.128. The first-order valence-corrected chi connectivity index (χ1v) is 8.15. The number of rotatable bonds is 4. The number of nitrogens with one attached hydrogen (secondary N) is 1. The number of aryl methyl sites for hydroxylation is 1. The predicted octanol–water partition coefficient (Wildman–Crippen LogP) is 3.03. The number of anilines is 1. The highest BCUT2D eigenvalue weighted by Crippen LogP contribution is 2.22. The summed E-state index contributed by atoms with van der Waals surface area (Å²) in [4.78, 5) is 30.5. The molecule has 3 rings (SSSR count). The third-order valence-corrected chi connectivity index (χ3v) is 4.38. The lowest BCUT2D eigenvalue weighted by Crippen LogP contribution is -2.28. The predicted molar refractivity (Wildman–Crippen MR) is 92.6 cm³/mol. The number of nitrogens with zero attached hydrogens (tertiary/aromatic N) is 2. The largest absolute Gasteiger partial charge is 0.338 e. The van der Waals surface area contributed by atoms with E-state index in [1.54, 1.807) is 23.2 Å². The molecule has 0 unspecified atom stereocenters. The van der Waals surface area contributed by atoms with Gasteiger partial charge in [-0.3, -0.25) is 9.59 Å². The Balaban J connectivity index is 1.62. The minimum Gasteiger partial charge on any atom is -0.338 e. The first-order valence-electron chi connectivity index (χ1n) is 7.77. The van der Waals surface area contributed by atoms with E-state index < -0.39 is 0 Å². The lowest BCUT2D eigenvalue weighted by Gasteiger charge is -2.17. The number of hydrogen-bond donors (Lipinski definition) is 1. The first-order chi connectivity index (χ1) is 11.5. The van der Waals surface area contributed by atoms with Gasteiger partial charge in [-0.05, 0) is 36.2 Å². The lowest BCUT2D eigenvalue weighted by atomic mass is 10.1. The number of amides is 2. The van der Waals surface area contributed by atoms with Crippen LogP contribution < -0.4 is 5.32 Å². The fraction of sp³-hybridized carbons (Fsp3) is 0.278. The Morgan fingerprint density at radius 3 is 2.79 bits per heavy atom. The molecule has 2 heterocycles. The van der Waals surface area contributed by atoms with Gasteiger partial charge in [0.2, 0.25) is 11.8 Å². The zero-order chi connectivity index (χ0) is 17.1. The molecule has 1 aliphatic rings. The third kappa shape index (κ3) is 3.74. The van der Waals surface area contributed by atoms with Gasteiger partial charge in [0.15, 0.2) is 0 Å². The van der Waals surface area contributed by atoms with Gasteiger partial charge in [0.25, 0.3) is 0 Å². The number of pyridine rings is 1. The summed E-state index contributed by atoms with van der Waals surface area (Å²) < 4.78 is 0. The van der Waals surface area contributed by atoms with Crippen molar-refractivity contribution in [3.05, 3.63) is 58.7 Å². The van der Waals surface area contributed by atoms with Crippen molar-refractivity contribution in [1.82, 2.24) is 9.88 Å². The van der Waals surface area contributed by atoms with Crippen molar-refractivity contribution in [2.24, 2.45) is 5.92 Å². The maximum absolute atomic E-state index is 12.4. The van der Waals surface area contributed by atoms with Gasteiger partial charge in [0.1, 0.15) is 5.82 Å². The maximum Gasteiger partial charge on any atom is 0.230 e.